The van der Waals surface area contributed by atoms with Crippen LogP contribution in [0.5, 0.6) is 0 Å². The first kappa shape index (κ1) is 32.2. The van der Waals surface area contributed by atoms with Crippen molar-refractivity contribution < 1.29 is 59.0 Å². The summed E-state index contributed by atoms with van der Waals surface area (Å²) in [5.41, 5.74) is -9.82. The first-order valence-electron chi connectivity index (χ1n) is 13.8. The zero-order chi connectivity index (χ0) is 32.5. The molecule has 1 aliphatic heterocycles. The Labute approximate surface area is 247 Å². The van der Waals surface area contributed by atoms with Gasteiger partial charge in [0.1, 0.15) is 10.3 Å². The number of hydrogen-bond donors (Lipinski definition) is 2. The van der Waals surface area contributed by atoms with Crippen LogP contribution in [0, 0.1) is 5.92 Å². The molecule has 0 radical (unpaired) electrons. The number of hydrogen-bond acceptors (Lipinski definition) is 5. The quantitative estimate of drug-likeness (QED) is 0.431. The van der Waals surface area contributed by atoms with Crippen molar-refractivity contribution in [3.05, 3.63) is 65.2 Å². The van der Waals surface area contributed by atoms with E-state index < -0.39 is 67.6 Å². The van der Waals surface area contributed by atoms with E-state index in [1.54, 1.807) is 0 Å². The number of fused-ring (bicyclic) bond motifs is 3. The van der Waals surface area contributed by atoms with Gasteiger partial charge in [0, 0.05) is 12.1 Å². The van der Waals surface area contributed by atoms with E-state index in [0.29, 0.717) is 6.07 Å². The van der Waals surface area contributed by atoms with E-state index in [1.165, 1.54) is 35.2 Å². The van der Waals surface area contributed by atoms with Gasteiger partial charge in [0.05, 0.1) is 16.9 Å². The minimum atomic E-state index is -6.36. The van der Waals surface area contributed by atoms with Gasteiger partial charge in [0.2, 0.25) is 0 Å². The molecule has 1 saturated carbocycles. The number of aliphatic carboxylic acids is 1. The molecule has 3 aliphatic rings. The second-order valence-corrected chi connectivity index (χ2v) is 13.9. The molecule has 44 heavy (non-hydrogen) atoms. The summed E-state index contributed by atoms with van der Waals surface area (Å²) < 4.78 is 123. The molecule has 240 valence electrons. The van der Waals surface area contributed by atoms with Crippen LogP contribution in [0.1, 0.15) is 55.2 Å². The minimum absolute atomic E-state index is 0.00145. The molecule has 1 saturated heterocycles. The summed E-state index contributed by atoms with van der Waals surface area (Å²) in [6.45, 7) is -0.223. The number of aliphatic hydroxyl groups is 1. The van der Waals surface area contributed by atoms with Gasteiger partial charge in [0.25, 0.3) is 5.91 Å². The Morgan fingerprint density at radius 3 is 2.00 bits per heavy atom. The maximum absolute atomic E-state index is 15.0. The average Bonchev–Trinajstić information content (AvgIpc) is 3.37. The van der Waals surface area contributed by atoms with Crippen LogP contribution >= 0.6 is 0 Å². The van der Waals surface area contributed by atoms with Crippen LogP contribution in [0.3, 0.4) is 0 Å². The van der Waals surface area contributed by atoms with Crippen molar-refractivity contribution in [3.8, 4) is 0 Å². The SMILES string of the molecule is O=C(O)C1CCC(O)(C(=O)N2CC[C@]3(S(=O)(=O)c4ccccc4)c4ccc(C(F)(C(F)(F)F)C(F)(F)F)cc4CC[C@H]23)CC1. The van der Waals surface area contributed by atoms with Gasteiger partial charge >= 0.3 is 24.0 Å². The average molecular weight is 652 g/mol. The summed E-state index contributed by atoms with van der Waals surface area (Å²) in [5.74, 6) is -2.68. The molecule has 2 aliphatic carbocycles. The number of aryl methyl sites for hydroxylation is 1. The fourth-order valence-electron chi connectivity index (χ4n) is 7.11. The Morgan fingerprint density at radius 2 is 1.45 bits per heavy atom. The molecule has 0 bridgehead atoms. The molecule has 15 heteroatoms. The number of amides is 1. The maximum Gasteiger partial charge on any atom is 0.435 e. The number of halogens is 7. The third kappa shape index (κ3) is 4.60. The standard InChI is InChI=1S/C29H28F7NO6S/c30-27(28(31,32)33,29(34,35)36)19-7-8-21-18(16-19)6-9-22-26(21,44(42,43)20-4-2-1-3-5-20)14-15-37(22)24(40)25(41)12-10-17(11-13-25)23(38)39/h1-5,7-8,16-17,22,41H,6,9-15H2,(H,38,39)/t17?,22-,25?,26-/m0/s1. The lowest BCUT2D eigenvalue weighted by Crippen LogP contribution is -2.57. The number of nitrogens with zero attached hydrogens (tertiary/aromatic N) is 1. The van der Waals surface area contributed by atoms with Crippen molar-refractivity contribution in [1.29, 1.82) is 0 Å². The number of sulfone groups is 1. The number of likely N-dealkylation sites (tertiary alicyclic amines) is 1. The first-order chi connectivity index (χ1) is 20.3. The molecule has 1 heterocycles. The molecular formula is C29H28F7NO6S. The summed E-state index contributed by atoms with van der Waals surface area (Å²) in [5, 5.41) is 20.6. The Bertz CT molecular complexity index is 1550. The lowest BCUT2D eigenvalue weighted by Gasteiger charge is -2.45. The number of rotatable bonds is 5. The topological polar surface area (TPSA) is 112 Å². The second kappa shape index (κ2) is 10.4. The monoisotopic (exact) mass is 651 g/mol. The summed E-state index contributed by atoms with van der Waals surface area (Å²) in [4.78, 5) is 26.2. The molecular weight excluding hydrogens is 623 g/mol. The van der Waals surface area contributed by atoms with E-state index >= 15 is 0 Å². The van der Waals surface area contributed by atoms with Crippen molar-refractivity contribution >= 4 is 21.7 Å². The van der Waals surface area contributed by atoms with E-state index in [0.717, 1.165) is 6.07 Å². The molecule has 1 amide bonds. The zero-order valence-corrected chi connectivity index (χ0v) is 23.8. The normalized spacial score (nSPS) is 27.9. The van der Waals surface area contributed by atoms with Gasteiger partial charge in [-0.05, 0) is 68.2 Å². The van der Waals surface area contributed by atoms with Crippen molar-refractivity contribution in [2.24, 2.45) is 5.92 Å². The lowest BCUT2D eigenvalue weighted by molar-refractivity contribution is -0.348. The minimum Gasteiger partial charge on any atom is -0.481 e. The van der Waals surface area contributed by atoms with Crippen LogP contribution in [0.4, 0.5) is 30.7 Å². The van der Waals surface area contributed by atoms with Crippen LogP contribution < -0.4 is 0 Å². The van der Waals surface area contributed by atoms with Crippen molar-refractivity contribution in [1.82, 2.24) is 4.90 Å². The van der Waals surface area contributed by atoms with Crippen LogP contribution in [0.2, 0.25) is 0 Å². The predicted octanol–water partition coefficient (Wildman–Crippen LogP) is 5.20. The van der Waals surface area contributed by atoms with Gasteiger partial charge in [-0.25, -0.2) is 12.8 Å². The molecule has 2 N–H and O–H groups in total. The third-order valence-electron chi connectivity index (χ3n) is 9.42. The van der Waals surface area contributed by atoms with Gasteiger partial charge in [-0.15, -0.1) is 0 Å². The van der Waals surface area contributed by atoms with Gasteiger partial charge in [-0.3, -0.25) is 9.59 Å². The summed E-state index contributed by atoms with van der Waals surface area (Å²) >= 11 is 0. The number of benzene rings is 2. The van der Waals surface area contributed by atoms with Gasteiger partial charge in [-0.2, -0.15) is 26.3 Å². The molecule has 2 fully saturated rings. The first-order valence-corrected chi connectivity index (χ1v) is 15.3. The molecule has 2 aromatic carbocycles. The molecule has 0 aromatic heterocycles. The summed E-state index contributed by atoms with van der Waals surface area (Å²) in [7, 11) is -4.51. The lowest BCUT2D eigenvalue weighted by atomic mass is 9.75. The van der Waals surface area contributed by atoms with Gasteiger partial charge in [0.15, 0.2) is 9.84 Å². The highest BCUT2D eigenvalue weighted by molar-refractivity contribution is 7.92. The molecule has 2 atom stereocenters. The largest absolute Gasteiger partial charge is 0.481 e. The van der Waals surface area contributed by atoms with Crippen molar-refractivity contribution in [3.63, 3.8) is 0 Å². The highest BCUT2D eigenvalue weighted by atomic mass is 32.2. The number of carbonyl (C=O) groups excluding carboxylic acids is 1. The van der Waals surface area contributed by atoms with Crippen LogP contribution in [-0.2, 0) is 36.3 Å². The second-order valence-electron chi connectivity index (χ2n) is 11.7. The number of alkyl halides is 7. The smallest absolute Gasteiger partial charge is 0.435 e. The van der Waals surface area contributed by atoms with Gasteiger partial charge in [-0.1, -0.05) is 36.4 Å². The summed E-state index contributed by atoms with van der Waals surface area (Å²) in [6.07, 6.45) is -13.9. The Hall–Kier alpha value is -3.20. The fraction of sp³-hybridized carbons (Fsp3) is 0.517. The van der Waals surface area contributed by atoms with Crippen LogP contribution in [0.25, 0.3) is 0 Å². The van der Waals surface area contributed by atoms with Crippen molar-refractivity contribution in [2.45, 2.75) is 84.3 Å². The number of carbonyl (C=O) groups is 2. The van der Waals surface area contributed by atoms with E-state index in [-0.39, 0.29) is 73.6 Å². The zero-order valence-electron chi connectivity index (χ0n) is 23.0. The third-order valence-corrected chi connectivity index (χ3v) is 12.0. The summed E-state index contributed by atoms with van der Waals surface area (Å²) in [6, 6.07) is 7.22. The molecule has 5 rings (SSSR count). The Kier molecular flexibility index (Phi) is 7.63. The Morgan fingerprint density at radius 1 is 0.864 bits per heavy atom. The fourth-order valence-corrected chi connectivity index (χ4v) is 9.49. The highest BCUT2D eigenvalue weighted by Crippen LogP contribution is 2.57. The van der Waals surface area contributed by atoms with Crippen LogP contribution in [-0.4, -0.2) is 65.9 Å². The Balaban J connectivity index is 1.63. The molecule has 0 unspecified atom stereocenters. The molecule has 0 spiro atoms. The maximum atomic E-state index is 15.0. The van der Waals surface area contributed by atoms with E-state index in [2.05, 4.69) is 0 Å². The van der Waals surface area contributed by atoms with Gasteiger partial charge < -0.3 is 15.1 Å². The van der Waals surface area contributed by atoms with E-state index in [9.17, 15) is 59.0 Å². The van der Waals surface area contributed by atoms with Crippen molar-refractivity contribution in [2.75, 3.05) is 6.54 Å². The molecule has 7 nitrogen and oxygen atoms in total. The highest BCUT2D eigenvalue weighted by Gasteiger charge is 2.74. The predicted molar refractivity (Wildman–Crippen MR) is 140 cm³/mol. The molecule has 2 aromatic rings. The van der Waals surface area contributed by atoms with E-state index in [1.807, 2.05) is 0 Å². The number of carboxylic acids is 1. The number of carboxylic acid groups (broad SMARTS) is 1. The van der Waals surface area contributed by atoms with Crippen LogP contribution in [0.15, 0.2) is 53.4 Å². The van der Waals surface area contributed by atoms with E-state index in [4.69, 9.17) is 0 Å².